The van der Waals surface area contributed by atoms with Gasteiger partial charge in [-0.05, 0) is 30.9 Å². The average molecular weight is 301 g/mol. The Morgan fingerprint density at radius 2 is 1.95 bits per heavy atom. The molecule has 112 valence electrons. The molecule has 0 aliphatic heterocycles. The molecule has 0 aliphatic rings. The van der Waals surface area contributed by atoms with Gasteiger partial charge in [0.1, 0.15) is 17.2 Å². The van der Waals surface area contributed by atoms with Gasteiger partial charge in [-0.1, -0.05) is 38.1 Å². The number of nitrogens with zero attached hydrogens (tertiary/aromatic N) is 2. The van der Waals surface area contributed by atoms with Crippen molar-refractivity contribution >= 4 is 17.6 Å². The number of rotatable bonds is 6. The maximum absolute atomic E-state index is 4.50. The lowest BCUT2D eigenvalue weighted by Crippen LogP contribution is -2.07. The summed E-state index contributed by atoms with van der Waals surface area (Å²) in [5, 5.41) is 4.43. The third-order valence-corrected chi connectivity index (χ3v) is 4.45. The maximum Gasteiger partial charge on any atom is 0.133 e. The van der Waals surface area contributed by atoms with Crippen molar-refractivity contribution in [2.75, 3.05) is 11.9 Å². The van der Waals surface area contributed by atoms with Gasteiger partial charge in [0.15, 0.2) is 0 Å². The van der Waals surface area contributed by atoms with Gasteiger partial charge in [0, 0.05) is 17.9 Å². The van der Waals surface area contributed by atoms with Gasteiger partial charge in [0.25, 0.3) is 0 Å². The minimum absolute atomic E-state index is 0.402. The highest BCUT2D eigenvalue weighted by Gasteiger charge is 2.15. The van der Waals surface area contributed by atoms with E-state index in [-0.39, 0.29) is 0 Å². The van der Waals surface area contributed by atoms with Crippen LogP contribution in [-0.4, -0.2) is 16.5 Å². The fourth-order valence-corrected chi connectivity index (χ4v) is 3.47. The van der Waals surface area contributed by atoms with Gasteiger partial charge in [-0.25, -0.2) is 9.97 Å². The first-order chi connectivity index (χ1) is 10.1. The monoisotopic (exact) mass is 301 g/mol. The Hall–Kier alpha value is -1.55. The summed E-state index contributed by atoms with van der Waals surface area (Å²) in [6.07, 6.45) is 1.66. The van der Waals surface area contributed by atoms with E-state index in [4.69, 9.17) is 0 Å². The molecule has 0 fully saturated rings. The summed E-state index contributed by atoms with van der Waals surface area (Å²) in [5.74, 6) is 2.31. The van der Waals surface area contributed by atoms with Gasteiger partial charge >= 0.3 is 0 Å². The van der Waals surface area contributed by atoms with Gasteiger partial charge in [-0.2, -0.15) is 0 Å². The van der Waals surface area contributed by atoms with E-state index in [0.29, 0.717) is 5.92 Å². The first kappa shape index (κ1) is 15.8. The number of anilines is 1. The Morgan fingerprint density at radius 3 is 2.62 bits per heavy atom. The molecule has 0 spiro atoms. The normalized spacial score (nSPS) is 10.9. The minimum atomic E-state index is 0.402. The number of aromatic nitrogens is 2. The van der Waals surface area contributed by atoms with E-state index < -0.39 is 0 Å². The molecule has 0 amide bonds. The van der Waals surface area contributed by atoms with Gasteiger partial charge in [-0.3, -0.25) is 0 Å². The Kier molecular flexibility index (Phi) is 5.62. The molecule has 1 N–H and O–H groups in total. The Balaban J connectivity index is 2.23. The molecular weight excluding hydrogens is 278 g/mol. The van der Waals surface area contributed by atoms with E-state index in [1.807, 2.05) is 0 Å². The van der Waals surface area contributed by atoms with Gasteiger partial charge in [-0.15, -0.1) is 11.8 Å². The Bertz CT molecular complexity index is 596. The topological polar surface area (TPSA) is 37.8 Å². The summed E-state index contributed by atoms with van der Waals surface area (Å²) < 4.78 is 0. The summed E-state index contributed by atoms with van der Waals surface area (Å²) in [4.78, 5) is 8.89. The second kappa shape index (κ2) is 7.46. The molecule has 0 atom stereocenters. The molecule has 1 heterocycles. The maximum atomic E-state index is 4.50. The SMILES string of the molecule is CCNc1ncnc(SCc2ccccc2C)c1C(C)C. The van der Waals surface area contributed by atoms with Gasteiger partial charge < -0.3 is 5.32 Å². The van der Waals surface area contributed by atoms with E-state index in [1.165, 1.54) is 16.7 Å². The molecule has 0 aliphatic carbocycles. The standard InChI is InChI=1S/C17H23N3S/c1-5-18-16-15(12(2)3)17(20-11-19-16)21-10-14-9-7-6-8-13(14)4/h6-9,11-12H,5,10H2,1-4H3,(H,18,19,20). The van der Waals surface area contributed by atoms with Crippen LogP contribution in [0.15, 0.2) is 35.6 Å². The summed E-state index contributed by atoms with van der Waals surface area (Å²) in [6, 6.07) is 8.51. The number of thioether (sulfide) groups is 1. The van der Waals surface area contributed by atoms with Crippen molar-refractivity contribution in [2.24, 2.45) is 0 Å². The minimum Gasteiger partial charge on any atom is -0.370 e. The highest BCUT2D eigenvalue weighted by atomic mass is 32.2. The lowest BCUT2D eigenvalue weighted by molar-refractivity contribution is 0.803. The zero-order valence-corrected chi connectivity index (χ0v) is 14.0. The number of hydrogen-bond donors (Lipinski definition) is 1. The van der Waals surface area contributed by atoms with Crippen LogP contribution in [0.3, 0.4) is 0 Å². The summed E-state index contributed by atoms with van der Waals surface area (Å²) >= 11 is 1.79. The quantitative estimate of drug-likeness (QED) is 0.623. The molecule has 21 heavy (non-hydrogen) atoms. The van der Waals surface area contributed by atoms with E-state index >= 15 is 0 Å². The number of benzene rings is 1. The van der Waals surface area contributed by atoms with Crippen LogP contribution in [-0.2, 0) is 5.75 Å². The molecule has 0 radical (unpaired) electrons. The lowest BCUT2D eigenvalue weighted by Gasteiger charge is -2.16. The Labute approximate surface area is 131 Å². The van der Waals surface area contributed by atoms with Crippen LogP contribution in [0, 0.1) is 6.92 Å². The molecule has 1 aromatic heterocycles. The summed E-state index contributed by atoms with van der Waals surface area (Å²) in [6.45, 7) is 9.50. The van der Waals surface area contributed by atoms with Crippen molar-refractivity contribution in [1.82, 2.24) is 9.97 Å². The van der Waals surface area contributed by atoms with Crippen molar-refractivity contribution in [3.05, 3.63) is 47.3 Å². The first-order valence-corrected chi connectivity index (χ1v) is 8.38. The third-order valence-electron chi connectivity index (χ3n) is 3.39. The molecule has 3 nitrogen and oxygen atoms in total. The Morgan fingerprint density at radius 1 is 1.19 bits per heavy atom. The van der Waals surface area contributed by atoms with E-state index in [9.17, 15) is 0 Å². The van der Waals surface area contributed by atoms with Crippen LogP contribution < -0.4 is 5.32 Å². The zero-order valence-electron chi connectivity index (χ0n) is 13.2. The van der Waals surface area contributed by atoms with Crippen LogP contribution in [0.5, 0.6) is 0 Å². The predicted octanol–water partition coefficient (Wildman–Crippen LogP) is 4.63. The van der Waals surface area contributed by atoms with Crippen LogP contribution >= 0.6 is 11.8 Å². The van der Waals surface area contributed by atoms with Crippen molar-refractivity contribution in [3.8, 4) is 0 Å². The molecular formula is C17H23N3S. The smallest absolute Gasteiger partial charge is 0.133 e. The predicted molar refractivity (Wildman–Crippen MR) is 91.0 cm³/mol. The van der Waals surface area contributed by atoms with E-state index in [1.54, 1.807) is 18.1 Å². The lowest BCUT2D eigenvalue weighted by atomic mass is 10.1. The van der Waals surface area contributed by atoms with Gasteiger partial charge in [0.05, 0.1) is 0 Å². The molecule has 2 rings (SSSR count). The largest absolute Gasteiger partial charge is 0.370 e. The fourth-order valence-electron chi connectivity index (χ4n) is 2.24. The van der Waals surface area contributed by atoms with Crippen LogP contribution in [0.4, 0.5) is 5.82 Å². The summed E-state index contributed by atoms with van der Waals surface area (Å²) in [7, 11) is 0. The van der Waals surface area contributed by atoms with Crippen LogP contribution in [0.2, 0.25) is 0 Å². The molecule has 0 saturated heterocycles. The number of aryl methyl sites for hydroxylation is 1. The zero-order chi connectivity index (χ0) is 15.2. The third kappa shape index (κ3) is 3.97. The van der Waals surface area contributed by atoms with E-state index in [0.717, 1.165) is 23.1 Å². The fraction of sp³-hybridized carbons (Fsp3) is 0.412. The van der Waals surface area contributed by atoms with Crippen molar-refractivity contribution in [2.45, 2.75) is 44.4 Å². The van der Waals surface area contributed by atoms with Crippen molar-refractivity contribution in [3.63, 3.8) is 0 Å². The molecule has 0 saturated carbocycles. The highest BCUT2D eigenvalue weighted by Crippen LogP contribution is 2.33. The number of hydrogen-bond acceptors (Lipinski definition) is 4. The molecule has 0 bridgehead atoms. The average Bonchev–Trinajstić information content (AvgIpc) is 2.46. The highest BCUT2D eigenvalue weighted by molar-refractivity contribution is 7.98. The second-order valence-electron chi connectivity index (χ2n) is 5.34. The van der Waals surface area contributed by atoms with Crippen LogP contribution in [0.1, 0.15) is 43.4 Å². The molecule has 0 unspecified atom stereocenters. The van der Waals surface area contributed by atoms with Crippen LogP contribution in [0.25, 0.3) is 0 Å². The molecule has 4 heteroatoms. The summed E-state index contributed by atoms with van der Waals surface area (Å²) in [5.41, 5.74) is 3.91. The second-order valence-corrected chi connectivity index (χ2v) is 6.31. The molecule has 2 aromatic rings. The first-order valence-electron chi connectivity index (χ1n) is 7.39. The number of nitrogens with one attached hydrogen (secondary N) is 1. The van der Waals surface area contributed by atoms with Crippen molar-refractivity contribution < 1.29 is 0 Å². The van der Waals surface area contributed by atoms with Crippen molar-refractivity contribution in [1.29, 1.82) is 0 Å². The van der Waals surface area contributed by atoms with E-state index in [2.05, 4.69) is 67.2 Å². The van der Waals surface area contributed by atoms with Gasteiger partial charge in [0.2, 0.25) is 0 Å². The molecule has 1 aromatic carbocycles.